The van der Waals surface area contributed by atoms with Crippen LogP contribution in [-0.2, 0) is 6.54 Å². The van der Waals surface area contributed by atoms with Crippen molar-refractivity contribution in [2.24, 2.45) is 5.16 Å². The molecule has 6 nitrogen and oxygen atoms in total. The lowest BCUT2D eigenvalue weighted by molar-refractivity contribution is 0.319. The number of rotatable bonds is 3. The molecule has 0 fully saturated rings. The quantitative estimate of drug-likeness (QED) is 0.398. The molecule has 0 saturated carbocycles. The minimum absolute atomic E-state index is 0.438. The highest BCUT2D eigenvalue weighted by Crippen LogP contribution is 2.10. The molecule has 0 atom stereocenters. The van der Waals surface area contributed by atoms with E-state index in [9.17, 15) is 0 Å². The van der Waals surface area contributed by atoms with Crippen LogP contribution in [0.5, 0.6) is 0 Å². The van der Waals surface area contributed by atoms with Crippen LogP contribution in [0, 0.1) is 6.92 Å². The van der Waals surface area contributed by atoms with Crippen LogP contribution >= 0.6 is 11.6 Å². The summed E-state index contributed by atoms with van der Waals surface area (Å²) in [6.07, 6.45) is 1.69. The first-order valence-corrected chi connectivity index (χ1v) is 5.69. The summed E-state index contributed by atoms with van der Waals surface area (Å²) in [6.45, 7) is 4.08. The normalized spacial score (nSPS) is 11.8. The van der Waals surface area contributed by atoms with E-state index in [1.165, 1.54) is 0 Å². The number of aromatic nitrogens is 4. The number of pyridine rings is 1. The van der Waals surface area contributed by atoms with Crippen molar-refractivity contribution in [2.45, 2.75) is 20.4 Å². The van der Waals surface area contributed by atoms with Gasteiger partial charge in [-0.15, -0.1) is 5.10 Å². The molecule has 0 aromatic carbocycles. The third-order valence-electron chi connectivity index (χ3n) is 2.60. The standard InChI is InChI=1S/C11H12ClN5O/c1-7(15-18)11-8(2)17(16-14-11)6-9-3-4-10(12)13-5-9/h3-5,18H,6H2,1-2H3/b15-7+. The van der Waals surface area contributed by atoms with Gasteiger partial charge in [-0.3, -0.25) is 0 Å². The lowest BCUT2D eigenvalue weighted by Gasteiger charge is -2.03. The maximum Gasteiger partial charge on any atom is 0.133 e. The zero-order valence-corrected chi connectivity index (χ0v) is 10.8. The van der Waals surface area contributed by atoms with Gasteiger partial charge >= 0.3 is 0 Å². The van der Waals surface area contributed by atoms with Crippen molar-refractivity contribution >= 4 is 17.3 Å². The van der Waals surface area contributed by atoms with E-state index < -0.39 is 0 Å². The minimum atomic E-state index is 0.438. The molecule has 0 aliphatic carbocycles. The van der Waals surface area contributed by atoms with Crippen LogP contribution < -0.4 is 0 Å². The highest BCUT2D eigenvalue weighted by atomic mass is 35.5. The Kier molecular flexibility index (Phi) is 3.57. The van der Waals surface area contributed by atoms with Gasteiger partial charge in [0.05, 0.1) is 12.2 Å². The van der Waals surface area contributed by atoms with Gasteiger partial charge in [-0.1, -0.05) is 28.0 Å². The largest absolute Gasteiger partial charge is 0.411 e. The van der Waals surface area contributed by atoms with Crippen LogP contribution in [-0.4, -0.2) is 30.9 Å². The van der Waals surface area contributed by atoms with E-state index in [0.717, 1.165) is 11.3 Å². The Morgan fingerprint density at radius 2 is 2.28 bits per heavy atom. The van der Waals surface area contributed by atoms with E-state index in [-0.39, 0.29) is 0 Å². The zero-order valence-electron chi connectivity index (χ0n) is 10.0. The van der Waals surface area contributed by atoms with Crippen molar-refractivity contribution in [2.75, 3.05) is 0 Å². The van der Waals surface area contributed by atoms with Gasteiger partial charge in [0, 0.05) is 6.20 Å². The summed E-state index contributed by atoms with van der Waals surface area (Å²) in [5.74, 6) is 0. The molecule has 2 aromatic rings. The average Bonchev–Trinajstić information content (AvgIpc) is 2.73. The van der Waals surface area contributed by atoms with Crippen molar-refractivity contribution in [1.29, 1.82) is 0 Å². The predicted molar refractivity (Wildman–Crippen MR) is 67.1 cm³/mol. The molecule has 0 radical (unpaired) electrons. The van der Waals surface area contributed by atoms with Crippen LogP contribution in [0.15, 0.2) is 23.5 Å². The molecular formula is C11H12ClN5O. The molecule has 0 aliphatic heterocycles. The monoisotopic (exact) mass is 265 g/mol. The highest BCUT2D eigenvalue weighted by molar-refractivity contribution is 6.29. The molecule has 2 aromatic heterocycles. The Hall–Kier alpha value is -1.95. The zero-order chi connectivity index (χ0) is 13.1. The van der Waals surface area contributed by atoms with Crippen LogP contribution in [0.25, 0.3) is 0 Å². The van der Waals surface area contributed by atoms with Crippen molar-refractivity contribution < 1.29 is 5.21 Å². The number of nitrogens with zero attached hydrogens (tertiary/aromatic N) is 5. The van der Waals surface area contributed by atoms with E-state index in [1.807, 2.05) is 13.0 Å². The number of halogens is 1. The van der Waals surface area contributed by atoms with Gasteiger partial charge in [0.2, 0.25) is 0 Å². The molecule has 2 rings (SSSR count). The summed E-state index contributed by atoms with van der Waals surface area (Å²) in [4.78, 5) is 4.00. The van der Waals surface area contributed by atoms with Crippen molar-refractivity contribution in [1.82, 2.24) is 20.0 Å². The fourth-order valence-corrected chi connectivity index (χ4v) is 1.68. The molecule has 2 heterocycles. The van der Waals surface area contributed by atoms with Gasteiger partial charge in [0.1, 0.15) is 16.6 Å². The lowest BCUT2D eigenvalue weighted by atomic mass is 10.2. The van der Waals surface area contributed by atoms with Gasteiger partial charge < -0.3 is 5.21 Å². The molecule has 0 spiro atoms. The molecular weight excluding hydrogens is 254 g/mol. The van der Waals surface area contributed by atoms with E-state index in [1.54, 1.807) is 23.9 Å². The second-order valence-corrected chi connectivity index (χ2v) is 4.24. The molecule has 1 N–H and O–H groups in total. The summed E-state index contributed by atoms with van der Waals surface area (Å²) in [5.41, 5.74) is 2.82. The Morgan fingerprint density at radius 3 is 2.89 bits per heavy atom. The number of hydrogen-bond acceptors (Lipinski definition) is 5. The first-order chi connectivity index (χ1) is 8.61. The summed E-state index contributed by atoms with van der Waals surface area (Å²) >= 11 is 5.72. The topological polar surface area (TPSA) is 76.2 Å². The van der Waals surface area contributed by atoms with Gasteiger partial charge in [-0.2, -0.15) is 0 Å². The average molecular weight is 266 g/mol. The fraction of sp³-hybridized carbons (Fsp3) is 0.273. The summed E-state index contributed by atoms with van der Waals surface area (Å²) in [5, 5.41) is 20.3. The molecule has 0 saturated heterocycles. The lowest BCUT2D eigenvalue weighted by Crippen LogP contribution is -2.05. The first-order valence-electron chi connectivity index (χ1n) is 5.31. The summed E-state index contributed by atoms with van der Waals surface area (Å²) in [6, 6.07) is 3.60. The Labute approximate surface area is 109 Å². The van der Waals surface area contributed by atoms with Gasteiger partial charge in [-0.25, -0.2) is 9.67 Å². The van der Waals surface area contributed by atoms with E-state index in [0.29, 0.717) is 23.1 Å². The minimum Gasteiger partial charge on any atom is -0.411 e. The number of oxime groups is 1. The van der Waals surface area contributed by atoms with Crippen LogP contribution in [0.4, 0.5) is 0 Å². The van der Waals surface area contributed by atoms with E-state index in [4.69, 9.17) is 16.8 Å². The van der Waals surface area contributed by atoms with Crippen LogP contribution in [0.3, 0.4) is 0 Å². The maximum absolute atomic E-state index is 8.73. The molecule has 7 heteroatoms. The van der Waals surface area contributed by atoms with E-state index in [2.05, 4.69) is 20.5 Å². The van der Waals surface area contributed by atoms with Crippen molar-refractivity contribution in [3.05, 3.63) is 40.4 Å². The second kappa shape index (κ2) is 5.14. The third-order valence-corrected chi connectivity index (χ3v) is 2.82. The SMILES string of the molecule is C/C(=N\O)c1nnn(Cc2ccc(Cl)nc2)c1C. The molecule has 0 aliphatic rings. The summed E-state index contributed by atoms with van der Waals surface area (Å²) in [7, 11) is 0. The molecule has 18 heavy (non-hydrogen) atoms. The Morgan fingerprint density at radius 1 is 1.50 bits per heavy atom. The predicted octanol–water partition coefficient (Wildman–Crippen LogP) is 1.88. The first kappa shape index (κ1) is 12.5. The van der Waals surface area contributed by atoms with Crippen LogP contribution in [0.1, 0.15) is 23.9 Å². The number of hydrogen-bond donors (Lipinski definition) is 1. The van der Waals surface area contributed by atoms with Crippen molar-refractivity contribution in [3.63, 3.8) is 0 Å². The second-order valence-electron chi connectivity index (χ2n) is 3.86. The van der Waals surface area contributed by atoms with Gasteiger partial charge in [0.25, 0.3) is 0 Å². The highest BCUT2D eigenvalue weighted by Gasteiger charge is 2.11. The molecule has 0 unspecified atom stereocenters. The Bertz CT molecular complexity index is 576. The third kappa shape index (κ3) is 2.48. The van der Waals surface area contributed by atoms with Crippen molar-refractivity contribution in [3.8, 4) is 0 Å². The molecule has 94 valence electrons. The smallest absolute Gasteiger partial charge is 0.133 e. The Balaban J connectivity index is 2.25. The summed E-state index contributed by atoms with van der Waals surface area (Å²) < 4.78 is 1.72. The maximum atomic E-state index is 8.73. The van der Waals surface area contributed by atoms with E-state index >= 15 is 0 Å². The molecule has 0 amide bonds. The fourth-order valence-electron chi connectivity index (χ4n) is 1.57. The molecule has 0 bridgehead atoms. The van der Waals surface area contributed by atoms with Gasteiger partial charge in [-0.05, 0) is 25.5 Å². The van der Waals surface area contributed by atoms with Gasteiger partial charge in [0.15, 0.2) is 0 Å². The van der Waals surface area contributed by atoms with Crippen LogP contribution in [0.2, 0.25) is 5.15 Å².